The average molecular weight is 336 g/mol. The van der Waals surface area contributed by atoms with Gasteiger partial charge in [0.2, 0.25) is 5.91 Å². The number of nitrogens with two attached hydrogens (primary N) is 1. The first-order valence-electron chi connectivity index (χ1n) is 5.56. The van der Waals surface area contributed by atoms with Gasteiger partial charge < -0.3 is 15.8 Å². The van der Waals surface area contributed by atoms with Gasteiger partial charge in [0.25, 0.3) is 0 Å². The van der Waals surface area contributed by atoms with Gasteiger partial charge in [0.15, 0.2) is 0 Å². The largest absolute Gasteiger partial charge is 0.492 e. The number of nitrogens with one attached hydrogen (secondary N) is 1. The van der Waals surface area contributed by atoms with Gasteiger partial charge in [-0.1, -0.05) is 22.0 Å². The van der Waals surface area contributed by atoms with Crippen LogP contribution in [0.5, 0.6) is 5.75 Å². The van der Waals surface area contributed by atoms with Crippen molar-refractivity contribution in [3.8, 4) is 5.75 Å². The van der Waals surface area contributed by atoms with E-state index in [4.69, 9.17) is 10.5 Å². The van der Waals surface area contributed by atoms with E-state index in [1.165, 1.54) is 0 Å². The third kappa shape index (κ3) is 4.15. The Morgan fingerprint density at radius 2 is 2.22 bits per heavy atom. The highest BCUT2D eigenvalue weighted by molar-refractivity contribution is 9.10. The smallest absolute Gasteiger partial charge is 0.240 e. The first kappa shape index (κ1) is 15.3. The van der Waals surface area contributed by atoms with Gasteiger partial charge in [0.1, 0.15) is 12.4 Å². The lowest BCUT2D eigenvalue weighted by atomic mass is 10.3. The summed E-state index contributed by atoms with van der Waals surface area (Å²) in [6, 6.07) is 7.59. The monoisotopic (exact) mass is 334 g/mol. The molecule has 1 saturated carbocycles. The minimum Gasteiger partial charge on any atom is -0.492 e. The zero-order valence-corrected chi connectivity index (χ0v) is 12.2. The molecule has 1 aliphatic carbocycles. The van der Waals surface area contributed by atoms with Gasteiger partial charge >= 0.3 is 0 Å². The molecule has 0 bridgehead atoms. The maximum absolute atomic E-state index is 11.5. The van der Waals surface area contributed by atoms with Crippen molar-refractivity contribution in [2.75, 3.05) is 13.2 Å². The molecule has 0 atom stereocenters. The summed E-state index contributed by atoms with van der Waals surface area (Å²) in [7, 11) is 0. The number of carbonyl (C=O) groups excluding carboxylic acids is 1. The molecule has 18 heavy (non-hydrogen) atoms. The number of amides is 1. The summed E-state index contributed by atoms with van der Waals surface area (Å²) in [6.45, 7) is 0.919. The summed E-state index contributed by atoms with van der Waals surface area (Å²) in [4.78, 5) is 11.5. The Balaban J connectivity index is 0.00000162. The van der Waals surface area contributed by atoms with Crippen molar-refractivity contribution in [3.63, 3.8) is 0 Å². The molecular weight excluding hydrogens is 320 g/mol. The van der Waals surface area contributed by atoms with Crippen molar-refractivity contribution in [3.05, 3.63) is 28.7 Å². The minimum atomic E-state index is -0.601. The van der Waals surface area contributed by atoms with Gasteiger partial charge in [-0.05, 0) is 31.0 Å². The Morgan fingerprint density at radius 1 is 1.50 bits per heavy atom. The molecule has 4 nitrogen and oxygen atoms in total. The van der Waals surface area contributed by atoms with E-state index >= 15 is 0 Å². The van der Waals surface area contributed by atoms with Crippen LogP contribution in [0.2, 0.25) is 0 Å². The van der Waals surface area contributed by atoms with Crippen LogP contribution in [-0.2, 0) is 4.79 Å². The SMILES string of the molecule is Cl.NC1(C(=O)NCCOc2cccc(Br)c2)CC1. The lowest BCUT2D eigenvalue weighted by molar-refractivity contribution is -0.123. The molecule has 0 heterocycles. The second-order valence-corrected chi connectivity index (χ2v) is 5.13. The number of carbonyl (C=O) groups is 1. The second-order valence-electron chi connectivity index (χ2n) is 4.22. The molecule has 2 rings (SSSR count). The molecule has 0 unspecified atom stereocenters. The molecule has 1 aromatic rings. The Hall–Kier alpha value is -0.780. The zero-order valence-electron chi connectivity index (χ0n) is 9.82. The lowest BCUT2D eigenvalue weighted by Crippen LogP contribution is -2.44. The third-order valence-corrected chi connectivity index (χ3v) is 3.19. The van der Waals surface area contributed by atoms with E-state index in [1.807, 2.05) is 24.3 Å². The fourth-order valence-corrected chi connectivity index (χ4v) is 1.81. The fraction of sp³-hybridized carbons (Fsp3) is 0.417. The number of rotatable bonds is 5. The lowest BCUT2D eigenvalue weighted by Gasteiger charge is -2.11. The molecule has 0 aliphatic heterocycles. The van der Waals surface area contributed by atoms with Gasteiger partial charge in [-0.3, -0.25) is 4.79 Å². The molecular formula is C12H16BrClN2O2. The van der Waals surface area contributed by atoms with Gasteiger partial charge in [0.05, 0.1) is 12.1 Å². The minimum absolute atomic E-state index is 0. The summed E-state index contributed by atoms with van der Waals surface area (Å²) in [5.41, 5.74) is 5.14. The van der Waals surface area contributed by atoms with Crippen LogP contribution in [0, 0.1) is 0 Å². The van der Waals surface area contributed by atoms with Gasteiger partial charge in [-0.25, -0.2) is 0 Å². The van der Waals surface area contributed by atoms with Crippen molar-refractivity contribution >= 4 is 34.2 Å². The van der Waals surface area contributed by atoms with Gasteiger partial charge in [-0.2, -0.15) is 0 Å². The molecule has 1 aromatic carbocycles. The van der Waals surface area contributed by atoms with Crippen LogP contribution in [0.3, 0.4) is 0 Å². The Morgan fingerprint density at radius 3 is 2.83 bits per heavy atom. The Bertz CT molecular complexity index is 424. The molecule has 1 amide bonds. The highest BCUT2D eigenvalue weighted by Crippen LogP contribution is 2.31. The van der Waals surface area contributed by atoms with E-state index in [0.717, 1.165) is 23.1 Å². The zero-order chi connectivity index (χ0) is 12.3. The van der Waals surface area contributed by atoms with Crippen molar-refractivity contribution in [1.82, 2.24) is 5.32 Å². The Kier molecular flexibility index (Phi) is 5.44. The Labute approximate surface area is 121 Å². The number of hydrogen-bond acceptors (Lipinski definition) is 3. The molecule has 100 valence electrons. The van der Waals surface area contributed by atoms with Crippen LogP contribution in [0.1, 0.15) is 12.8 Å². The highest BCUT2D eigenvalue weighted by Gasteiger charge is 2.45. The van der Waals surface area contributed by atoms with E-state index < -0.39 is 5.54 Å². The predicted octanol–water partition coefficient (Wildman–Crippen LogP) is 1.86. The molecule has 0 spiro atoms. The third-order valence-electron chi connectivity index (χ3n) is 2.69. The average Bonchev–Trinajstić information content (AvgIpc) is 3.04. The van der Waals surface area contributed by atoms with E-state index in [2.05, 4.69) is 21.2 Å². The van der Waals surface area contributed by atoms with Crippen LogP contribution < -0.4 is 15.8 Å². The molecule has 1 fully saturated rings. The maximum Gasteiger partial charge on any atom is 0.240 e. The van der Waals surface area contributed by atoms with Gasteiger partial charge in [-0.15, -0.1) is 12.4 Å². The molecule has 6 heteroatoms. The predicted molar refractivity (Wildman–Crippen MR) is 76.0 cm³/mol. The van der Waals surface area contributed by atoms with Crippen LogP contribution in [0.15, 0.2) is 28.7 Å². The first-order valence-corrected chi connectivity index (χ1v) is 6.35. The van der Waals surface area contributed by atoms with E-state index in [0.29, 0.717) is 13.2 Å². The topological polar surface area (TPSA) is 64.4 Å². The summed E-state index contributed by atoms with van der Waals surface area (Å²) >= 11 is 3.36. The van der Waals surface area contributed by atoms with Crippen molar-refractivity contribution in [2.24, 2.45) is 5.73 Å². The number of hydrogen-bond donors (Lipinski definition) is 2. The van der Waals surface area contributed by atoms with E-state index in [9.17, 15) is 4.79 Å². The van der Waals surface area contributed by atoms with Crippen LogP contribution in [-0.4, -0.2) is 24.6 Å². The number of halogens is 2. The summed E-state index contributed by atoms with van der Waals surface area (Å²) in [6.07, 6.45) is 1.57. The molecule has 1 aliphatic rings. The van der Waals surface area contributed by atoms with Gasteiger partial charge in [0, 0.05) is 4.47 Å². The summed E-state index contributed by atoms with van der Waals surface area (Å²) < 4.78 is 6.46. The van der Waals surface area contributed by atoms with Crippen LogP contribution in [0.25, 0.3) is 0 Å². The van der Waals surface area contributed by atoms with E-state index in [-0.39, 0.29) is 18.3 Å². The maximum atomic E-state index is 11.5. The van der Waals surface area contributed by atoms with Crippen LogP contribution >= 0.6 is 28.3 Å². The van der Waals surface area contributed by atoms with Crippen molar-refractivity contribution in [1.29, 1.82) is 0 Å². The standard InChI is InChI=1S/C12H15BrN2O2.ClH/c13-9-2-1-3-10(8-9)17-7-6-15-11(16)12(14)4-5-12;/h1-3,8H,4-7,14H2,(H,15,16);1H. The highest BCUT2D eigenvalue weighted by atomic mass is 79.9. The normalized spacial score (nSPS) is 15.4. The van der Waals surface area contributed by atoms with Crippen molar-refractivity contribution in [2.45, 2.75) is 18.4 Å². The van der Waals surface area contributed by atoms with E-state index in [1.54, 1.807) is 0 Å². The molecule has 0 saturated heterocycles. The number of ether oxygens (including phenoxy) is 1. The molecule has 3 N–H and O–H groups in total. The first-order chi connectivity index (χ1) is 8.10. The summed E-state index contributed by atoms with van der Waals surface area (Å²) in [5, 5.41) is 2.77. The molecule has 0 aromatic heterocycles. The van der Waals surface area contributed by atoms with Crippen LogP contribution in [0.4, 0.5) is 0 Å². The summed E-state index contributed by atoms with van der Waals surface area (Å²) in [5.74, 6) is 0.706. The second kappa shape index (κ2) is 6.41. The quantitative estimate of drug-likeness (QED) is 0.807. The molecule has 0 radical (unpaired) electrons. The van der Waals surface area contributed by atoms with Crippen molar-refractivity contribution < 1.29 is 9.53 Å². The fourth-order valence-electron chi connectivity index (χ4n) is 1.43. The number of benzene rings is 1.